The maximum Gasteiger partial charge on any atom is 0.240 e. The standard InChI is InChI=1S/C10H24N2.2C3H5NO/c11-9-7-5-3-1-2-4-6-8-10-12;2*1-2-3(4)5/h1-12H2;2*2H,1H2,(H2,4,5). The first-order chi connectivity index (χ1) is 10.5. The Morgan fingerprint density at radius 1 is 0.636 bits per heavy atom. The lowest BCUT2D eigenvalue weighted by Crippen LogP contribution is -2.04. The predicted octanol–water partition coefficient (Wildman–Crippen LogP) is 1.34. The van der Waals surface area contributed by atoms with Gasteiger partial charge in [-0.1, -0.05) is 51.7 Å². The molecule has 0 fully saturated rings. The van der Waals surface area contributed by atoms with Gasteiger partial charge in [0.25, 0.3) is 0 Å². The van der Waals surface area contributed by atoms with Crippen LogP contribution < -0.4 is 22.9 Å². The molecule has 0 aliphatic rings. The van der Waals surface area contributed by atoms with E-state index in [0.717, 1.165) is 25.2 Å². The summed E-state index contributed by atoms with van der Waals surface area (Å²) >= 11 is 0. The van der Waals surface area contributed by atoms with Gasteiger partial charge >= 0.3 is 0 Å². The van der Waals surface area contributed by atoms with E-state index in [2.05, 4.69) is 24.6 Å². The molecule has 0 aromatic heterocycles. The van der Waals surface area contributed by atoms with E-state index in [-0.39, 0.29) is 0 Å². The van der Waals surface area contributed by atoms with E-state index >= 15 is 0 Å². The minimum Gasteiger partial charge on any atom is -0.366 e. The zero-order chi connectivity index (χ0) is 17.6. The average Bonchev–Trinajstić information content (AvgIpc) is 2.51. The second-order valence-electron chi connectivity index (χ2n) is 4.62. The summed E-state index contributed by atoms with van der Waals surface area (Å²) in [5, 5.41) is 0. The number of carbonyl (C=O) groups excluding carboxylic acids is 2. The molecule has 0 radical (unpaired) electrons. The van der Waals surface area contributed by atoms with Gasteiger partial charge in [0.15, 0.2) is 0 Å². The minimum absolute atomic E-state index is 0.481. The van der Waals surface area contributed by atoms with E-state index in [1.807, 2.05) is 0 Å². The second-order valence-corrected chi connectivity index (χ2v) is 4.62. The first-order valence-electron chi connectivity index (χ1n) is 7.70. The predicted molar refractivity (Wildman–Crippen MR) is 93.8 cm³/mol. The highest BCUT2D eigenvalue weighted by Gasteiger charge is 1.90. The lowest BCUT2D eigenvalue weighted by Gasteiger charge is -2.00. The maximum atomic E-state index is 9.47. The van der Waals surface area contributed by atoms with Crippen LogP contribution in [0.2, 0.25) is 0 Å². The van der Waals surface area contributed by atoms with Gasteiger partial charge in [0.2, 0.25) is 11.8 Å². The fraction of sp³-hybridized carbons (Fsp3) is 0.625. The van der Waals surface area contributed by atoms with Crippen molar-refractivity contribution in [3.05, 3.63) is 25.3 Å². The molecule has 0 aliphatic heterocycles. The van der Waals surface area contributed by atoms with Crippen molar-refractivity contribution in [1.82, 2.24) is 0 Å². The molecule has 0 saturated heterocycles. The van der Waals surface area contributed by atoms with Crippen molar-refractivity contribution in [3.8, 4) is 0 Å². The normalized spacial score (nSPS) is 8.64. The molecular formula is C16H34N4O2. The quantitative estimate of drug-likeness (QED) is 0.337. The third kappa shape index (κ3) is 42.9. The lowest BCUT2D eigenvalue weighted by molar-refractivity contribution is -0.114. The van der Waals surface area contributed by atoms with E-state index in [1.165, 1.54) is 51.4 Å². The SMILES string of the molecule is C=CC(N)=O.C=CC(N)=O.NCCCCCCCCCCN. The summed E-state index contributed by atoms with van der Waals surface area (Å²) in [6, 6.07) is 0. The number of unbranched alkanes of at least 4 members (excludes halogenated alkanes) is 7. The number of primary amides is 2. The van der Waals surface area contributed by atoms with Gasteiger partial charge in [0.1, 0.15) is 0 Å². The molecule has 0 spiro atoms. The zero-order valence-electron chi connectivity index (χ0n) is 13.8. The lowest BCUT2D eigenvalue weighted by atomic mass is 10.1. The van der Waals surface area contributed by atoms with Crippen LogP contribution in [0.1, 0.15) is 51.4 Å². The largest absolute Gasteiger partial charge is 0.366 e. The molecule has 0 atom stereocenters. The molecule has 0 heterocycles. The van der Waals surface area contributed by atoms with Gasteiger partial charge in [0, 0.05) is 0 Å². The molecule has 0 saturated carbocycles. The Balaban J connectivity index is -0.000000298. The van der Waals surface area contributed by atoms with Crippen LogP contribution in [0.5, 0.6) is 0 Å². The van der Waals surface area contributed by atoms with Crippen LogP contribution in [-0.2, 0) is 9.59 Å². The maximum absolute atomic E-state index is 9.47. The summed E-state index contributed by atoms with van der Waals surface area (Å²) in [4.78, 5) is 18.9. The van der Waals surface area contributed by atoms with Crippen molar-refractivity contribution in [2.24, 2.45) is 22.9 Å². The van der Waals surface area contributed by atoms with Crippen LogP contribution in [-0.4, -0.2) is 24.9 Å². The molecule has 2 amide bonds. The molecular weight excluding hydrogens is 280 g/mol. The number of carbonyl (C=O) groups is 2. The number of rotatable bonds is 11. The van der Waals surface area contributed by atoms with Gasteiger partial charge < -0.3 is 22.9 Å². The molecule has 0 aromatic carbocycles. The number of hydrogen-bond acceptors (Lipinski definition) is 4. The van der Waals surface area contributed by atoms with E-state index in [9.17, 15) is 9.59 Å². The summed E-state index contributed by atoms with van der Waals surface area (Å²) in [6.45, 7) is 7.88. The smallest absolute Gasteiger partial charge is 0.240 e. The molecule has 0 aromatic rings. The van der Waals surface area contributed by atoms with Crippen molar-refractivity contribution in [2.45, 2.75) is 51.4 Å². The number of amides is 2. The Kier molecular flexibility index (Phi) is 28.0. The number of nitrogens with two attached hydrogens (primary N) is 4. The van der Waals surface area contributed by atoms with E-state index in [4.69, 9.17) is 11.5 Å². The molecule has 0 unspecified atom stereocenters. The Morgan fingerprint density at radius 3 is 0.955 bits per heavy atom. The monoisotopic (exact) mass is 314 g/mol. The highest BCUT2D eigenvalue weighted by atomic mass is 16.1. The van der Waals surface area contributed by atoms with Crippen molar-refractivity contribution in [3.63, 3.8) is 0 Å². The highest BCUT2D eigenvalue weighted by Crippen LogP contribution is 2.07. The third-order valence-electron chi connectivity index (χ3n) is 2.56. The topological polar surface area (TPSA) is 138 Å². The molecule has 130 valence electrons. The van der Waals surface area contributed by atoms with Crippen molar-refractivity contribution >= 4 is 11.8 Å². The molecule has 6 nitrogen and oxygen atoms in total. The number of hydrogen-bond donors (Lipinski definition) is 4. The molecule has 6 heteroatoms. The molecule has 22 heavy (non-hydrogen) atoms. The summed E-state index contributed by atoms with van der Waals surface area (Å²) in [6.07, 6.45) is 12.6. The minimum atomic E-state index is -0.481. The Morgan fingerprint density at radius 2 is 0.818 bits per heavy atom. The van der Waals surface area contributed by atoms with Crippen LogP contribution in [0, 0.1) is 0 Å². The van der Waals surface area contributed by atoms with Gasteiger partial charge in [-0.2, -0.15) is 0 Å². The van der Waals surface area contributed by atoms with Gasteiger partial charge in [-0.25, -0.2) is 0 Å². The van der Waals surface area contributed by atoms with Crippen LogP contribution in [0.3, 0.4) is 0 Å². The highest BCUT2D eigenvalue weighted by molar-refractivity contribution is 5.85. The van der Waals surface area contributed by atoms with Crippen LogP contribution in [0.15, 0.2) is 25.3 Å². The Bertz CT molecular complexity index is 253. The van der Waals surface area contributed by atoms with Gasteiger partial charge in [-0.3, -0.25) is 9.59 Å². The fourth-order valence-electron chi connectivity index (χ4n) is 1.35. The fourth-order valence-corrected chi connectivity index (χ4v) is 1.35. The van der Waals surface area contributed by atoms with Gasteiger partial charge in [0.05, 0.1) is 0 Å². The molecule has 0 bridgehead atoms. The third-order valence-corrected chi connectivity index (χ3v) is 2.56. The van der Waals surface area contributed by atoms with Gasteiger partial charge in [-0.05, 0) is 38.1 Å². The zero-order valence-corrected chi connectivity index (χ0v) is 13.8. The van der Waals surface area contributed by atoms with Gasteiger partial charge in [-0.15, -0.1) is 0 Å². The van der Waals surface area contributed by atoms with Crippen LogP contribution in [0.25, 0.3) is 0 Å². The molecule has 0 rings (SSSR count). The van der Waals surface area contributed by atoms with Crippen molar-refractivity contribution < 1.29 is 9.59 Å². The first-order valence-corrected chi connectivity index (χ1v) is 7.70. The van der Waals surface area contributed by atoms with Crippen LogP contribution >= 0.6 is 0 Å². The second kappa shape index (κ2) is 24.4. The summed E-state index contributed by atoms with van der Waals surface area (Å²) in [5.41, 5.74) is 19.9. The summed E-state index contributed by atoms with van der Waals surface area (Å²) in [7, 11) is 0. The van der Waals surface area contributed by atoms with Crippen molar-refractivity contribution in [2.75, 3.05) is 13.1 Å². The average molecular weight is 314 g/mol. The summed E-state index contributed by atoms with van der Waals surface area (Å²) in [5.74, 6) is -0.963. The molecule has 0 aliphatic carbocycles. The van der Waals surface area contributed by atoms with E-state index in [0.29, 0.717) is 0 Å². The Hall–Kier alpha value is -1.66. The first kappa shape index (κ1) is 25.3. The van der Waals surface area contributed by atoms with Crippen molar-refractivity contribution in [1.29, 1.82) is 0 Å². The van der Waals surface area contributed by atoms with E-state index < -0.39 is 11.8 Å². The van der Waals surface area contributed by atoms with Crippen LogP contribution in [0.4, 0.5) is 0 Å². The van der Waals surface area contributed by atoms with E-state index in [1.54, 1.807) is 0 Å². The molecule has 8 N–H and O–H groups in total. The Labute approximate surface area is 135 Å². The summed E-state index contributed by atoms with van der Waals surface area (Å²) < 4.78 is 0.